The van der Waals surface area contributed by atoms with Gasteiger partial charge < -0.3 is 5.11 Å². The topological polar surface area (TPSA) is 95.1 Å². The zero-order valence-corrected chi connectivity index (χ0v) is 10.4. The van der Waals surface area contributed by atoms with E-state index in [1.54, 1.807) is 6.92 Å². The quantitative estimate of drug-likeness (QED) is 0.683. The van der Waals surface area contributed by atoms with Crippen molar-refractivity contribution in [3.05, 3.63) is 11.9 Å². The minimum atomic E-state index is -3.61. The molecule has 0 saturated carbocycles. The molecule has 16 heavy (non-hydrogen) atoms. The SMILES string of the molecule is Cc1[nH]ncc1S(=O)(=O)NC(CO)C(C)C. The van der Waals surface area contributed by atoms with Gasteiger partial charge in [0.05, 0.1) is 18.5 Å². The van der Waals surface area contributed by atoms with E-state index in [4.69, 9.17) is 5.11 Å². The minimum Gasteiger partial charge on any atom is -0.395 e. The van der Waals surface area contributed by atoms with Gasteiger partial charge in [0, 0.05) is 6.04 Å². The summed E-state index contributed by atoms with van der Waals surface area (Å²) in [5.74, 6) is 0.0204. The van der Waals surface area contributed by atoms with E-state index in [2.05, 4.69) is 14.9 Å². The first-order chi connectivity index (χ1) is 7.38. The van der Waals surface area contributed by atoms with Gasteiger partial charge in [0.1, 0.15) is 4.90 Å². The van der Waals surface area contributed by atoms with Crippen LogP contribution in [0, 0.1) is 12.8 Å². The Morgan fingerprint density at radius 1 is 1.56 bits per heavy atom. The van der Waals surface area contributed by atoms with Crippen molar-refractivity contribution in [2.24, 2.45) is 5.92 Å². The Bertz CT molecular complexity index is 439. The molecule has 0 aliphatic heterocycles. The number of sulfonamides is 1. The van der Waals surface area contributed by atoms with E-state index in [9.17, 15) is 8.42 Å². The molecule has 0 aromatic carbocycles. The van der Waals surface area contributed by atoms with Crippen molar-refractivity contribution >= 4 is 10.0 Å². The molecule has 3 N–H and O–H groups in total. The predicted octanol–water partition coefficient (Wildman–Crippen LogP) is 0.0133. The number of aromatic amines is 1. The van der Waals surface area contributed by atoms with Crippen molar-refractivity contribution in [1.82, 2.24) is 14.9 Å². The maximum absolute atomic E-state index is 11.9. The number of nitrogens with zero attached hydrogens (tertiary/aromatic N) is 1. The molecule has 0 bridgehead atoms. The molecule has 1 aromatic rings. The van der Waals surface area contributed by atoms with Crippen LogP contribution in [-0.4, -0.2) is 36.4 Å². The summed E-state index contributed by atoms with van der Waals surface area (Å²) in [6, 6.07) is -0.487. The van der Waals surface area contributed by atoms with Gasteiger partial charge in [-0.15, -0.1) is 0 Å². The van der Waals surface area contributed by atoms with Crippen LogP contribution < -0.4 is 4.72 Å². The first-order valence-corrected chi connectivity index (χ1v) is 6.50. The Hall–Kier alpha value is -0.920. The lowest BCUT2D eigenvalue weighted by molar-refractivity contribution is 0.227. The van der Waals surface area contributed by atoms with Crippen molar-refractivity contribution in [1.29, 1.82) is 0 Å². The minimum absolute atomic E-state index is 0.0204. The van der Waals surface area contributed by atoms with Crippen LogP contribution in [0.25, 0.3) is 0 Å². The molecular formula is C9H17N3O3S. The number of rotatable bonds is 5. The second-order valence-corrected chi connectivity index (χ2v) is 5.70. The highest BCUT2D eigenvalue weighted by Crippen LogP contribution is 2.13. The average Bonchev–Trinajstić information content (AvgIpc) is 2.61. The van der Waals surface area contributed by atoms with E-state index < -0.39 is 16.1 Å². The molecule has 1 atom stereocenters. The van der Waals surface area contributed by atoms with Gasteiger partial charge in [0.25, 0.3) is 0 Å². The monoisotopic (exact) mass is 247 g/mol. The Kier molecular flexibility index (Phi) is 4.06. The van der Waals surface area contributed by atoms with Gasteiger partial charge in [-0.1, -0.05) is 13.8 Å². The van der Waals surface area contributed by atoms with E-state index in [0.29, 0.717) is 5.69 Å². The molecule has 0 aliphatic carbocycles. The number of aromatic nitrogens is 2. The lowest BCUT2D eigenvalue weighted by Crippen LogP contribution is -2.41. The van der Waals surface area contributed by atoms with Crippen molar-refractivity contribution in [2.75, 3.05) is 6.61 Å². The second-order valence-electron chi connectivity index (χ2n) is 4.01. The molecule has 0 saturated heterocycles. The fraction of sp³-hybridized carbons (Fsp3) is 0.667. The number of aliphatic hydroxyl groups excluding tert-OH is 1. The molecule has 0 aliphatic rings. The molecule has 0 spiro atoms. The summed E-state index contributed by atoms with van der Waals surface area (Å²) in [6.07, 6.45) is 1.26. The van der Waals surface area contributed by atoms with Crippen LogP contribution in [0.4, 0.5) is 0 Å². The molecule has 6 nitrogen and oxygen atoms in total. The summed E-state index contributed by atoms with van der Waals surface area (Å²) < 4.78 is 26.3. The summed E-state index contributed by atoms with van der Waals surface area (Å²) in [5, 5.41) is 15.3. The van der Waals surface area contributed by atoms with Gasteiger partial charge >= 0.3 is 0 Å². The molecular weight excluding hydrogens is 230 g/mol. The summed E-state index contributed by atoms with van der Waals surface area (Å²) in [6.45, 7) is 5.08. The third-order valence-electron chi connectivity index (χ3n) is 2.38. The van der Waals surface area contributed by atoms with E-state index in [1.807, 2.05) is 13.8 Å². The second kappa shape index (κ2) is 4.94. The largest absolute Gasteiger partial charge is 0.395 e. The van der Waals surface area contributed by atoms with E-state index >= 15 is 0 Å². The fourth-order valence-corrected chi connectivity index (χ4v) is 2.77. The molecule has 1 rings (SSSR count). The first-order valence-electron chi connectivity index (χ1n) is 5.01. The van der Waals surface area contributed by atoms with Crippen LogP contribution in [0.1, 0.15) is 19.5 Å². The third-order valence-corrected chi connectivity index (χ3v) is 3.98. The Labute approximate surface area is 95.1 Å². The van der Waals surface area contributed by atoms with Gasteiger partial charge in [0.15, 0.2) is 0 Å². The normalized spacial score (nSPS) is 14.3. The standard InChI is InChI=1S/C9H17N3O3S/c1-6(2)8(5-13)12-16(14,15)9-4-10-11-7(9)3/h4,6,8,12-13H,5H2,1-3H3,(H,10,11). The zero-order chi connectivity index (χ0) is 12.3. The number of aliphatic hydroxyl groups is 1. The Balaban J connectivity index is 2.92. The van der Waals surface area contributed by atoms with Crippen LogP contribution in [0.2, 0.25) is 0 Å². The van der Waals surface area contributed by atoms with Crippen LogP contribution in [0.15, 0.2) is 11.1 Å². The molecule has 0 amide bonds. The zero-order valence-electron chi connectivity index (χ0n) is 9.56. The average molecular weight is 247 g/mol. The number of hydrogen-bond donors (Lipinski definition) is 3. The Morgan fingerprint density at radius 3 is 2.56 bits per heavy atom. The van der Waals surface area contributed by atoms with Gasteiger partial charge in [0.2, 0.25) is 10.0 Å². The summed E-state index contributed by atoms with van der Waals surface area (Å²) in [7, 11) is -3.61. The smallest absolute Gasteiger partial charge is 0.244 e. The van der Waals surface area contributed by atoms with Gasteiger partial charge in [-0.3, -0.25) is 5.10 Å². The van der Waals surface area contributed by atoms with Gasteiger partial charge in [-0.2, -0.15) is 5.10 Å². The molecule has 0 radical (unpaired) electrons. The van der Waals surface area contributed by atoms with Crippen molar-refractivity contribution in [2.45, 2.75) is 31.7 Å². The van der Waals surface area contributed by atoms with E-state index in [1.165, 1.54) is 6.20 Å². The van der Waals surface area contributed by atoms with Gasteiger partial charge in [-0.25, -0.2) is 13.1 Å². The van der Waals surface area contributed by atoms with E-state index in [-0.39, 0.29) is 17.4 Å². The molecule has 1 aromatic heterocycles. The van der Waals surface area contributed by atoms with Gasteiger partial charge in [-0.05, 0) is 12.8 Å². The highest BCUT2D eigenvalue weighted by Gasteiger charge is 2.24. The predicted molar refractivity (Wildman–Crippen MR) is 59.4 cm³/mol. The highest BCUT2D eigenvalue weighted by molar-refractivity contribution is 7.89. The summed E-state index contributed by atoms with van der Waals surface area (Å²) in [4.78, 5) is 0.117. The van der Waals surface area contributed by atoms with Crippen molar-refractivity contribution < 1.29 is 13.5 Å². The summed E-state index contributed by atoms with van der Waals surface area (Å²) in [5.41, 5.74) is 0.480. The molecule has 7 heteroatoms. The number of aryl methyl sites for hydroxylation is 1. The van der Waals surface area contributed by atoms with Crippen LogP contribution in [-0.2, 0) is 10.0 Å². The van der Waals surface area contributed by atoms with Crippen molar-refractivity contribution in [3.8, 4) is 0 Å². The molecule has 1 unspecified atom stereocenters. The van der Waals surface area contributed by atoms with Crippen LogP contribution >= 0.6 is 0 Å². The lowest BCUT2D eigenvalue weighted by Gasteiger charge is -2.19. The number of hydrogen-bond acceptors (Lipinski definition) is 4. The molecule has 1 heterocycles. The third kappa shape index (κ3) is 2.81. The Morgan fingerprint density at radius 2 is 2.19 bits per heavy atom. The highest BCUT2D eigenvalue weighted by atomic mass is 32.2. The fourth-order valence-electron chi connectivity index (χ4n) is 1.26. The molecule has 92 valence electrons. The lowest BCUT2D eigenvalue weighted by atomic mass is 10.1. The summed E-state index contributed by atoms with van der Waals surface area (Å²) >= 11 is 0. The van der Waals surface area contributed by atoms with Crippen LogP contribution in [0.3, 0.4) is 0 Å². The number of H-pyrrole nitrogens is 1. The van der Waals surface area contributed by atoms with E-state index in [0.717, 1.165) is 0 Å². The van der Waals surface area contributed by atoms with Crippen molar-refractivity contribution in [3.63, 3.8) is 0 Å². The first kappa shape index (κ1) is 13.1. The molecule has 0 fully saturated rings. The number of nitrogens with one attached hydrogen (secondary N) is 2. The maximum atomic E-state index is 11.9. The van der Waals surface area contributed by atoms with Crippen LogP contribution in [0.5, 0.6) is 0 Å². The maximum Gasteiger partial charge on any atom is 0.244 e.